The van der Waals surface area contributed by atoms with Gasteiger partial charge in [-0.15, -0.1) is 0 Å². The molecule has 0 bridgehead atoms. The lowest BCUT2D eigenvalue weighted by Crippen LogP contribution is -2.02. The molecule has 0 radical (unpaired) electrons. The molecule has 7 heteroatoms. The number of ether oxygens (including phenoxy) is 1. The molecule has 2 aromatic rings. The zero-order valence-corrected chi connectivity index (χ0v) is 10.9. The minimum absolute atomic E-state index is 0.0109. The fourth-order valence-electron chi connectivity index (χ4n) is 1.56. The number of rotatable bonds is 3. The lowest BCUT2D eigenvalue weighted by Gasteiger charge is -2.11. The molecule has 1 aromatic carbocycles. The first-order valence-corrected chi connectivity index (χ1v) is 5.88. The second-order valence-corrected chi connectivity index (χ2v) is 4.41. The molecule has 0 unspecified atom stereocenters. The highest BCUT2D eigenvalue weighted by atomic mass is 35.5. The van der Waals surface area contributed by atoms with E-state index in [9.17, 15) is 8.78 Å². The molecule has 0 aliphatic carbocycles. The zero-order chi connectivity index (χ0) is 14.0. The van der Waals surface area contributed by atoms with Gasteiger partial charge in [-0.25, -0.2) is 4.98 Å². The lowest BCUT2D eigenvalue weighted by atomic mass is 10.0. The summed E-state index contributed by atoms with van der Waals surface area (Å²) in [6.45, 7) is -2.91. The number of hydrogen-bond donors (Lipinski definition) is 1. The first-order chi connectivity index (χ1) is 8.97. The standard InChI is InChI=1S/C12H8Cl2F2N2O/c13-9-5-18-11(14)4-7(9)8-3-6(19-12(15)16)1-2-10(8)17/h1-5,12H,17H2. The van der Waals surface area contributed by atoms with Gasteiger partial charge in [0.2, 0.25) is 0 Å². The lowest BCUT2D eigenvalue weighted by molar-refractivity contribution is -0.0498. The van der Waals surface area contributed by atoms with E-state index in [1.807, 2.05) is 0 Å². The Balaban J connectivity index is 2.51. The average Bonchev–Trinajstić information content (AvgIpc) is 2.34. The van der Waals surface area contributed by atoms with E-state index in [2.05, 4.69) is 9.72 Å². The molecule has 0 fully saturated rings. The third-order valence-electron chi connectivity index (χ3n) is 2.36. The van der Waals surface area contributed by atoms with Gasteiger partial charge in [-0.1, -0.05) is 23.2 Å². The minimum atomic E-state index is -2.91. The summed E-state index contributed by atoms with van der Waals surface area (Å²) in [6, 6.07) is 5.68. The fraction of sp³-hybridized carbons (Fsp3) is 0.0833. The molecule has 100 valence electrons. The van der Waals surface area contributed by atoms with Crippen LogP contribution in [0.5, 0.6) is 5.75 Å². The Kier molecular flexibility index (Phi) is 4.07. The maximum absolute atomic E-state index is 12.2. The van der Waals surface area contributed by atoms with Gasteiger partial charge in [-0.3, -0.25) is 0 Å². The van der Waals surface area contributed by atoms with Crippen LogP contribution in [0.2, 0.25) is 10.2 Å². The smallest absolute Gasteiger partial charge is 0.387 e. The van der Waals surface area contributed by atoms with Crippen molar-refractivity contribution < 1.29 is 13.5 Å². The Labute approximate surface area is 117 Å². The molecule has 0 amide bonds. The van der Waals surface area contributed by atoms with E-state index in [1.54, 1.807) is 0 Å². The molecule has 19 heavy (non-hydrogen) atoms. The highest BCUT2D eigenvalue weighted by molar-refractivity contribution is 6.34. The van der Waals surface area contributed by atoms with Crippen molar-refractivity contribution in [2.45, 2.75) is 6.61 Å². The van der Waals surface area contributed by atoms with Gasteiger partial charge in [0.25, 0.3) is 0 Å². The number of alkyl halides is 2. The third kappa shape index (κ3) is 3.24. The summed E-state index contributed by atoms with van der Waals surface area (Å²) in [6.07, 6.45) is 1.36. The monoisotopic (exact) mass is 304 g/mol. The SMILES string of the molecule is Nc1ccc(OC(F)F)cc1-c1cc(Cl)ncc1Cl. The molecule has 3 nitrogen and oxygen atoms in total. The van der Waals surface area contributed by atoms with E-state index in [1.165, 1.54) is 30.5 Å². The Morgan fingerprint density at radius 2 is 1.89 bits per heavy atom. The van der Waals surface area contributed by atoms with Crippen LogP contribution in [0.3, 0.4) is 0 Å². The minimum Gasteiger partial charge on any atom is -0.435 e. The van der Waals surface area contributed by atoms with Gasteiger partial charge in [-0.05, 0) is 24.3 Å². The number of hydrogen-bond acceptors (Lipinski definition) is 3. The number of nitrogens with two attached hydrogens (primary N) is 1. The van der Waals surface area contributed by atoms with E-state index in [-0.39, 0.29) is 10.9 Å². The van der Waals surface area contributed by atoms with Crippen LogP contribution in [0, 0.1) is 0 Å². The number of halogens is 4. The van der Waals surface area contributed by atoms with Gasteiger partial charge in [0, 0.05) is 23.0 Å². The number of nitrogens with zero attached hydrogens (tertiary/aromatic N) is 1. The van der Waals surface area contributed by atoms with Crippen molar-refractivity contribution in [1.82, 2.24) is 4.98 Å². The maximum atomic E-state index is 12.2. The van der Waals surface area contributed by atoms with Crippen LogP contribution in [0.25, 0.3) is 11.1 Å². The van der Waals surface area contributed by atoms with Crippen LogP contribution in [-0.2, 0) is 0 Å². The van der Waals surface area contributed by atoms with Gasteiger partial charge in [0.05, 0.1) is 5.02 Å². The van der Waals surface area contributed by atoms with Crippen LogP contribution in [0.1, 0.15) is 0 Å². The molecule has 1 heterocycles. The molecular formula is C12H8Cl2F2N2O. The Bertz CT molecular complexity index is 608. The predicted octanol–water partition coefficient (Wildman–Crippen LogP) is 4.24. The Morgan fingerprint density at radius 1 is 1.16 bits per heavy atom. The molecule has 0 aliphatic heterocycles. The summed E-state index contributed by atoms with van der Waals surface area (Å²) in [5.41, 5.74) is 7.12. The molecule has 2 rings (SSSR count). The number of anilines is 1. The predicted molar refractivity (Wildman–Crippen MR) is 70.7 cm³/mol. The number of benzene rings is 1. The Hall–Kier alpha value is -1.59. The van der Waals surface area contributed by atoms with Crippen LogP contribution < -0.4 is 10.5 Å². The molecule has 0 aliphatic rings. The van der Waals surface area contributed by atoms with Gasteiger partial charge < -0.3 is 10.5 Å². The fourth-order valence-corrected chi connectivity index (χ4v) is 1.93. The summed E-state index contributed by atoms with van der Waals surface area (Å²) in [4.78, 5) is 3.81. The Morgan fingerprint density at radius 3 is 2.58 bits per heavy atom. The highest BCUT2D eigenvalue weighted by Crippen LogP contribution is 2.35. The van der Waals surface area contributed by atoms with Crippen LogP contribution in [0.15, 0.2) is 30.5 Å². The molecule has 0 saturated heterocycles. The van der Waals surface area contributed by atoms with Crippen molar-refractivity contribution in [1.29, 1.82) is 0 Å². The quantitative estimate of drug-likeness (QED) is 0.681. The third-order valence-corrected chi connectivity index (χ3v) is 2.87. The first-order valence-electron chi connectivity index (χ1n) is 5.13. The summed E-state index contributed by atoms with van der Waals surface area (Å²) in [7, 11) is 0. The molecule has 0 saturated carbocycles. The van der Waals surface area contributed by atoms with E-state index in [4.69, 9.17) is 28.9 Å². The summed E-state index contributed by atoms with van der Waals surface area (Å²) in [5, 5.41) is 0.532. The molecule has 0 atom stereocenters. The molecule has 0 spiro atoms. The van der Waals surface area contributed by atoms with Crippen LogP contribution in [-0.4, -0.2) is 11.6 Å². The topological polar surface area (TPSA) is 48.1 Å². The van der Waals surface area contributed by atoms with Crippen molar-refractivity contribution >= 4 is 28.9 Å². The van der Waals surface area contributed by atoms with Crippen molar-refractivity contribution in [3.63, 3.8) is 0 Å². The summed E-state index contributed by atoms with van der Waals surface area (Å²) < 4.78 is 28.7. The van der Waals surface area contributed by atoms with E-state index in [0.717, 1.165) is 0 Å². The number of aromatic nitrogens is 1. The van der Waals surface area contributed by atoms with Gasteiger partial charge >= 0.3 is 6.61 Å². The molecular weight excluding hydrogens is 297 g/mol. The molecule has 1 aromatic heterocycles. The number of nitrogen functional groups attached to an aromatic ring is 1. The van der Waals surface area contributed by atoms with Crippen LogP contribution >= 0.6 is 23.2 Å². The second kappa shape index (κ2) is 5.59. The average molecular weight is 305 g/mol. The van der Waals surface area contributed by atoms with Gasteiger partial charge in [-0.2, -0.15) is 8.78 Å². The van der Waals surface area contributed by atoms with Gasteiger partial charge in [0.15, 0.2) is 0 Å². The van der Waals surface area contributed by atoms with Crippen molar-refractivity contribution in [3.8, 4) is 16.9 Å². The largest absolute Gasteiger partial charge is 0.435 e. The van der Waals surface area contributed by atoms with Crippen molar-refractivity contribution in [2.75, 3.05) is 5.73 Å². The normalized spacial score (nSPS) is 10.8. The van der Waals surface area contributed by atoms with E-state index >= 15 is 0 Å². The van der Waals surface area contributed by atoms with Crippen molar-refractivity contribution in [3.05, 3.63) is 40.6 Å². The van der Waals surface area contributed by atoms with E-state index < -0.39 is 6.61 Å². The van der Waals surface area contributed by atoms with E-state index in [0.29, 0.717) is 21.8 Å². The number of pyridine rings is 1. The molecule has 2 N–H and O–H groups in total. The first kappa shape index (κ1) is 13.8. The highest BCUT2D eigenvalue weighted by Gasteiger charge is 2.12. The zero-order valence-electron chi connectivity index (χ0n) is 9.41. The van der Waals surface area contributed by atoms with Crippen LogP contribution in [0.4, 0.5) is 14.5 Å². The van der Waals surface area contributed by atoms with Crippen molar-refractivity contribution in [2.24, 2.45) is 0 Å². The maximum Gasteiger partial charge on any atom is 0.387 e. The second-order valence-electron chi connectivity index (χ2n) is 3.61. The van der Waals surface area contributed by atoms with Gasteiger partial charge in [0.1, 0.15) is 10.9 Å². The summed E-state index contributed by atoms with van der Waals surface area (Å²) in [5.74, 6) is -0.0109. The summed E-state index contributed by atoms with van der Waals surface area (Å²) >= 11 is 11.8.